The van der Waals surface area contributed by atoms with Gasteiger partial charge < -0.3 is 10.2 Å². The summed E-state index contributed by atoms with van der Waals surface area (Å²) in [4.78, 5) is 30.0. The Morgan fingerprint density at radius 1 is 0.867 bits per heavy atom. The first-order valence-electron chi connectivity index (χ1n) is 10.5. The molecule has 5 rings (SSSR count). The maximum Gasteiger partial charge on any atom is 0.246 e. The van der Waals surface area contributed by atoms with E-state index in [-0.39, 0.29) is 11.8 Å². The lowest BCUT2D eigenvalue weighted by Gasteiger charge is -2.45. The lowest BCUT2D eigenvalue weighted by atomic mass is 9.98. The number of piperazine rings is 2. The Hall–Kier alpha value is -3.18. The normalized spacial score (nSPS) is 22.1. The molecule has 152 valence electrons. The van der Waals surface area contributed by atoms with E-state index < -0.39 is 12.1 Å². The first kappa shape index (κ1) is 18.8. The van der Waals surface area contributed by atoms with Crippen LogP contribution in [0.25, 0.3) is 10.8 Å². The Morgan fingerprint density at radius 3 is 2.50 bits per heavy atom. The number of benzene rings is 3. The maximum atomic E-state index is 13.0. The molecule has 2 saturated heterocycles. The first-order chi connectivity index (χ1) is 14.7. The fourth-order valence-corrected chi connectivity index (χ4v) is 4.66. The third-order valence-corrected chi connectivity index (χ3v) is 6.22. The molecule has 2 heterocycles. The van der Waals surface area contributed by atoms with Crippen molar-refractivity contribution in [3.63, 3.8) is 0 Å². The summed E-state index contributed by atoms with van der Waals surface area (Å²) in [6.45, 7) is 2.71. The lowest BCUT2D eigenvalue weighted by molar-refractivity contribution is -0.153. The molecule has 2 atom stereocenters. The zero-order valence-electron chi connectivity index (χ0n) is 16.8. The monoisotopic (exact) mass is 399 g/mol. The molecule has 0 aliphatic carbocycles. The number of fused-ring (bicyclic) bond motifs is 2. The molecule has 2 amide bonds. The van der Waals surface area contributed by atoms with Crippen LogP contribution in [0.3, 0.4) is 0 Å². The molecule has 0 bridgehead atoms. The van der Waals surface area contributed by atoms with E-state index in [4.69, 9.17) is 0 Å². The fourth-order valence-electron chi connectivity index (χ4n) is 4.66. The predicted octanol–water partition coefficient (Wildman–Crippen LogP) is 2.59. The highest BCUT2D eigenvalue weighted by Gasteiger charge is 2.43. The number of amides is 2. The molecule has 0 aromatic heterocycles. The van der Waals surface area contributed by atoms with Crippen LogP contribution in [0.2, 0.25) is 0 Å². The third-order valence-electron chi connectivity index (χ3n) is 6.22. The molecule has 2 fully saturated rings. The van der Waals surface area contributed by atoms with Gasteiger partial charge in [0.15, 0.2) is 0 Å². The molecule has 0 spiro atoms. The van der Waals surface area contributed by atoms with Crippen LogP contribution in [-0.4, -0.2) is 53.3 Å². The Morgan fingerprint density at radius 2 is 1.63 bits per heavy atom. The van der Waals surface area contributed by atoms with Crippen molar-refractivity contribution in [3.8, 4) is 0 Å². The standard InChI is InChI=1S/C25H25N3O2/c29-24-23-17-27(16-20-11-6-10-19-9-4-5-12-21(19)20)13-14-28(23)25(30)22(26-24)15-18-7-2-1-3-8-18/h1-12,22-23H,13-17H2,(H,26,29). The highest BCUT2D eigenvalue weighted by atomic mass is 16.2. The summed E-state index contributed by atoms with van der Waals surface area (Å²) < 4.78 is 0. The minimum Gasteiger partial charge on any atom is -0.342 e. The maximum absolute atomic E-state index is 13.0. The van der Waals surface area contributed by atoms with Crippen LogP contribution in [-0.2, 0) is 22.6 Å². The van der Waals surface area contributed by atoms with E-state index in [0.29, 0.717) is 19.5 Å². The molecule has 3 aromatic rings. The number of carbonyl (C=O) groups is 2. The van der Waals surface area contributed by atoms with E-state index in [2.05, 4.69) is 52.7 Å². The lowest BCUT2D eigenvalue weighted by Crippen LogP contribution is -2.69. The summed E-state index contributed by atoms with van der Waals surface area (Å²) in [5.41, 5.74) is 2.32. The molecule has 2 unspecified atom stereocenters. The highest BCUT2D eigenvalue weighted by Crippen LogP contribution is 2.23. The van der Waals surface area contributed by atoms with Crippen molar-refractivity contribution in [1.29, 1.82) is 0 Å². The van der Waals surface area contributed by atoms with Crippen LogP contribution in [0, 0.1) is 0 Å². The average molecular weight is 399 g/mol. The van der Waals surface area contributed by atoms with Gasteiger partial charge in [0.25, 0.3) is 0 Å². The molecule has 5 nitrogen and oxygen atoms in total. The van der Waals surface area contributed by atoms with Crippen LogP contribution in [0.4, 0.5) is 0 Å². The van der Waals surface area contributed by atoms with Gasteiger partial charge in [0.05, 0.1) is 0 Å². The Bertz CT molecular complexity index is 1080. The first-order valence-corrected chi connectivity index (χ1v) is 10.5. The minimum atomic E-state index is -0.472. The van der Waals surface area contributed by atoms with Crippen molar-refractivity contribution in [2.75, 3.05) is 19.6 Å². The van der Waals surface area contributed by atoms with Gasteiger partial charge in [-0.25, -0.2) is 0 Å². The SMILES string of the molecule is O=C1NC(Cc2ccccc2)C(=O)N2CCN(Cc3cccc4ccccc34)CC12. The van der Waals surface area contributed by atoms with Gasteiger partial charge in [-0.05, 0) is 21.9 Å². The van der Waals surface area contributed by atoms with Gasteiger partial charge in [-0.1, -0.05) is 72.8 Å². The zero-order chi connectivity index (χ0) is 20.5. The van der Waals surface area contributed by atoms with Crippen LogP contribution < -0.4 is 5.32 Å². The Kier molecular flexibility index (Phi) is 4.97. The topological polar surface area (TPSA) is 52.7 Å². The minimum absolute atomic E-state index is 0.0354. The smallest absolute Gasteiger partial charge is 0.246 e. The summed E-state index contributed by atoms with van der Waals surface area (Å²) >= 11 is 0. The summed E-state index contributed by atoms with van der Waals surface area (Å²) in [6, 6.07) is 23.7. The molecular formula is C25H25N3O2. The molecule has 0 radical (unpaired) electrons. The van der Waals surface area contributed by atoms with Crippen molar-refractivity contribution in [2.45, 2.75) is 25.0 Å². The van der Waals surface area contributed by atoms with Crippen molar-refractivity contribution in [1.82, 2.24) is 15.1 Å². The van der Waals surface area contributed by atoms with Gasteiger partial charge in [-0.2, -0.15) is 0 Å². The van der Waals surface area contributed by atoms with Crippen LogP contribution in [0.1, 0.15) is 11.1 Å². The molecule has 0 saturated carbocycles. The molecule has 30 heavy (non-hydrogen) atoms. The van der Waals surface area contributed by atoms with E-state index in [1.54, 1.807) is 4.90 Å². The van der Waals surface area contributed by atoms with Gasteiger partial charge in [0, 0.05) is 32.6 Å². The van der Waals surface area contributed by atoms with E-state index in [1.165, 1.54) is 16.3 Å². The summed E-state index contributed by atoms with van der Waals surface area (Å²) in [5.74, 6) is -0.00795. The van der Waals surface area contributed by atoms with Crippen LogP contribution in [0.15, 0.2) is 72.8 Å². The second-order valence-electron chi connectivity index (χ2n) is 8.17. The molecule has 2 aliphatic rings. The zero-order valence-corrected chi connectivity index (χ0v) is 16.8. The Balaban J connectivity index is 1.29. The van der Waals surface area contributed by atoms with E-state index in [1.807, 2.05) is 30.3 Å². The third kappa shape index (κ3) is 3.57. The van der Waals surface area contributed by atoms with Crippen molar-refractivity contribution >= 4 is 22.6 Å². The summed E-state index contributed by atoms with van der Waals surface area (Å²) in [6.07, 6.45) is 0.536. The van der Waals surface area contributed by atoms with E-state index in [9.17, 15) is 9.59 Å². The number of nitrogens with zero attached hydrogens (tertiary/aromatic N) is 2. The van der Waals surface area contributed by atoms with Crippen molar-refractivity contribution in [2.24, 2.45) is 0 Å². The van der Waals surface area contributed by atoms with Gasteiger partial charge in [-0.15, -0.1) is 0 Å². The van der Waals surface area contributed by atoms with E-state index in [0.717, 1.165) is 18.7 Å². The van der Waals surface area contributed by atoms with Crippen LogP contribution in [0.5, 0.6) is 0 Å². The molecule has 1 N–H and O–H groups in total. The number of carbonyl (C=O) groups excluding carboxylic acids is 2. The van der Waals surface area contributed by atoms with Gasteiger partial charge in [0.2, 0.25) is 11.8 Å². The fraction of sp³-hybridized carbons (Fsp3) is 0.280. The second kappa shape index (κ2) is 7.92. The quantitative estimate of drug-likeness (QED) is 0.734. The molecular weight excluding hydrogens is 374 g/mol. The van der Waals surface area contributed by atoms with Crippen molar-refractivity contribution in [3.05, 3.63) is 83.9 Å². The predicted molar refractivity (Wildman–Crippen MR) is 117 cm³/mol. The summed E-state index contributed by atoms with van der Waals surface area (Å²) in [5, 5.41) is 5.44. The average Bonchev–Trinajstić information content (AvgIpc) is 2.78. The summed E-state index contributed by atoms with van der Waals surface area (Å²) in [7, 11) is 0. The van der Waals surface area contributed by atoms with Crippen LogP contribution >= 0.6 is 0 Å². The molecule has 5 heteroatoms. The van der Waals surface area contributed by atoms with Gasteiger partial charge in [-0.3, -0.25) is 14.5 Å². The number of nitrogens with one attached hydrogen (secondary N) is 1. The number of rotatable bonds is 4. The van der Waals surface area contributed by atoms with Crippen molar-refractivity contribution < 1.29 is 9.59 Å². The largest absolute Gasteiger partial charge is 0.342 e. The molecule has 2 aliphatic heterocycles. The number of hydrogen-bond acceptors (Lipinski definition) is 3. The van der Waals surface area contributed by atoms with E-state index >= 15 is 0 Å². The second-order valence-corrected chi connectivity index (χ2v) is 8.17. The van der Waals surface area contributed by atoms with Gasteiger partial charge >= 0.3 is 0 Å². The number of hydrogen-bond donors (Lipinski definition) is 1. The Labute approximate surface area is 176 Å². The van der Waals surface area contributed by atoms with Gasteiger partial charge in [0.1, 0.15) is 12.1 Å². The highest BCUT2D eigenvalue weighted by molar-refractivity contribution is 5.97. The molecule has 3 aromatic carbocycles.